The molecule has 1 heterocycles. The summed E-state index contributed by atoms with van der Waals surface area (Å²) in [5.41, 5.74) is 0. The van der Waals surface area contributed by atoms with Gasteiger partial charge in [0.15, 0.2) is 0 Å². The summed E-state index contributed by atoms with van der Waals surface area (Å²) in [6, 6.07) is 0. The topological polar surface area (TPSA) is 145 Å². The molecule has 0 aromatic carbocycles. The summed E-state index contributed by atoms with van der Waals surface area (Å²) in [6.45, 7) is 9.63. The average Bonchev–Trinajstić information content (AvgIpc) is 2.49. The molecule has 0 unspecified atom stereocenters. The van der Waals surface area contributed by atoms with Crippen molar-refractivity contribution in [2.45, 2.75) is 12.8 Å². The van der Waals surface area contributed by atoms with Crippen molar-refractivity contribution in [3.63, 3.8) is 0 Å². The van der Waals surface area contributed by atoms with E-state index >= 15 is 0 Å². The maximum atomic E-state index is 8.25. The molecular weight excluding hydrogens is 407 g/mol. The van der Waals surface area contributed by atoms with Crippen LogP contribution in [0.2, 0.25) is 0 Å². The SMILES string of the molecule is CN1CCCN(C)CCN(C)CCCN(C)CC1.O=[N+]([O-])[O-].O=[N+]([O-])[O-].[Co+2]. The fourth-order valence-electron chi connectivity index (χ4n) is 2.35. The summed E-state index contributed by atoms with van der Waals surface area (Å²) in [6.07, 6.45) is 2.56. The Bertz CT molecular complexity index is 320. The Kier molecular flexibility index (Phi) is 22.0. The average molecular weight is 439 g/mol. The maximum absolute atomic E-state index is 8.25. The molecule has 27 heavy (non-hydrogen) atoms. The standard InChI is InChI=1S/C14H32N4.Co.2NO3/c1-15-7-5-8-17(3)13-14-18(4)10-6-9-16(2)12-11-15;;2*2-1(3)4/h5-14H2,1-4H3;;;/q;+2;2*-1. The molecule has 0 atom stereocenters. The Labute approximate surface area is 171 Å². The van der Waals surface area contributed by atoms with Crippen molar-refractivity contribution in [2.24, 2.45) is 0 Å². The van der Waals surface area contributed by atoms with Gasteiger partial charge in [0.1, 0.15) is 0 Å². The fourth-order valence-corrected chi connectivity index (χ4v) is 2.35. The molecule has 0 bridgehead atoms. The van der Waals surface area contributed by atoms with E-state index in [-0.39, 0.29) is 16.8 Å². The van der Waals surface area contributed by atoms with Gasteiger partial charge in [-0.2, -0.15) is 0 Å². The third-order valence-electron chi connectivity index (χ3n) is 3.89. The molecular formula is C14H32CoN6O6. The molecule has 0 amide bonds. The zero-order chi connectivity index (χ0) is 20.5. The zero-order valence-electron chi connectivity index (χ0n) is 16.5. The predicted octanol–water partition coefficient (Wildman–Crippen LogP) is 0.0267. The van der Waals surface area contributed by atoms with Crippen molar-refractivity contribution in [3.05, 3.63) is 30.6 Å². The van der Waals surface area contributed by atoms with E-state index in [1.807, 2.05) is 0 Å². The van der Waals surface area contributed by atoms with Gasteiger partial charge in [-0.1, -0.05) is 0 Å². The van der Waals surface area contributed by atoms with E-state index in [4.69, 9.17) is 30.6 Å². The van der Waals surface area contributed by atoms with Crippen LogP contribution in [0.4, 0.5) is 0 Å². The van der Waals surface area contributed by atoms with Crippen molar-refractivity contribution < 1.29 is 27.0 Å². The van der Waals surface area contributed by atoms with Gasteiger partial charge in [-0.25, -0.2) is 0 Å². The number of hydrogen-bond donors (Lipinski definition) is 0. The van der Waals surface area contributed by atoms with Crippen LogP contribution in [0.5, 0.6) is 0 Å². The molecule has 1 fully saturated rings. The van der Waals surface area contributed by atoms with Crippen LogP contribution in [0, 0.1) is 30.6 Å². The molecule has 0 N–H and O–H groups in total. The Morgan fingerprint density at radius 3 is 0.815 bits per heavy atom. The van der Waals surface area contributed by atoms with Gasteiger partial charge >= 0.3 is 16.8 Å². The third kappa shape index (κ3) is 29.7. The summed E-state index contributed by atoms with van der Waals surface area (Å²) in [5, 5.41) is 29.5. The Hall–Kier alpha value is -1.25. The molecule has 0 aromatic rings. The van der Waals surface area contributed by atoms with Gasteiger partial charge in [-0.3, -0.25) is 0 Å². The number of rotatable bonds is 0. The molecule has 163 valence electrons. The van der Waals surface area contributed by atoms with Crippen LogP contribution in [0.1, 0.15) is 12.8 Å². The quantitative estimate of drug-likeness (QED) is 0.374. The first-order valence-electron chi connectivity index (χ1n) is 8.41. The monoisotopic (exact) mass is 439 g/mol. The van der Waals surface area contributed by atoms with E-state index in [0.29, 0.717) is 0 Å². The van der Waals surface area contributed by atoms with Gasteiger partial charge in [-0.15, -0.1) is 0 Å². The predicted molar refractivity (Wildman–Crippen MR) is 99.9 cm³/mol. The van der Waals surface area contributed by atoms with Crippen molar-refractivity contribution in [1.29, 1.82) is 0 Å². The van der Waals surface area contributed by atoms with Crippen LogP contribution < -0.4 is 0 Å². The number of likely N-dealkylation sites (N-methyl/N-ethyl adjacent to an activating group) is 4. The minimum atomic E-state index is -1.75. The van der Waals surface area contributed by atoms with Gasteiger partial charge in [0.2, 0.25) is 0 Å². The van der Waals surface area contributed by atoms with Crippen LogP contribution >= 0.6 is 0 Å². The van der Waals surface area contributed by atoms with Crippen LogP contribution in [0.15, 0.2) is 0 Å². The number of nitrogens with zero attached hydrogens (tertiary/aromatic N) is 6. The van der Waals surface area contributed by atoms with Gasteiger partial charge in [0, 0.05) is 26.2 Å². The summed E-state index contributed by atoms with van der Waals surface area (Å²) in [4.78, 5) is 26.3. The summed E-state index contributed by atoms with van der Waals surface area (Å²) < 4.78 is 0. The third-order valence-corrected chi connectivity index (χ3v) is 3.89. The molecule has 1 aliphatic heterocycles. The van der Waals surface area contributed by atoms with Crippen molar-refractivity contribution in [1.82, 2.24) is 19.6 Å². The summed E-state index contributed by atoms with van der Waals surface area (Å²) in [5.74, 6) is 0. The smallest absolute Gasteiger partial charge is 0.356 e. The largest absolute Gasteiger partial charge is 2.00 e. The van der Waals surface area contributed by atoms with Crippen molar-refractivity contribution in [3.8, 4) is 0 Å². The molecule has 0 saturated carbocycles. The molecule has 1 saturated heterocycles. The van der Waals surface area contributed by atoms with E-state index in [1.165, 1.54) is 65.2 Å². The Morgan fingerprint density at radius 2 is 0.667 bits per heavy atom. The molecule has 1 aliphatic rings. The van der Waals surface area contributed by atoms with E-state index in [2.05, 4.69) is 47.8 Å². The molecule has 0 spiro atoms. The van der Waals surface area contributed by atoms with Crippen LogP contribution in [0.25, 0.3) is 0 Å². The van der Waals surface area contributed by atoms with Gasteiger partial charge in [0.05, 0.1) is 10.2 Å². The normalized spacial score (nSPS) is 19.1. The van der Waals surface area contributed by atoms with Crippen molar-refractivity contribution in [2.75, 3.05) is 80.5 Å². The van der Waals surface area contributed by atoms with Crippen LogP contribution in [-0.2, 0) is 16.8 Å². The first kappa shape index (κ1) is 30.5. The first-order chi connectivity index (χ1) is 12.0. The zero-order valence-corrected chi connectivity index (χ0v) is 17.6. The molecule has 0 aromatic heterocycles. The second kappa shape index (κ2) is 19.5. The molecule has 13 heteroatoms. The molecule has 0 aliphatic carbocycles. The van der Waals surface area contributed by atoms with Gasteiger partial charge < -0.3 is 50.2 Å². The second-order valence-electron chi connectivity index (χ2n) is 6.37. The van der Waals surface area contributed by atoms with Gasteiger partial charge in [0.25, 0.3) is 0 Å². The van der Waals surface area contributed by atoms with E-state index in [0.717, 1.165) is 0 Å². The van der Waals surface area contributed by atoms with Crippen molar-refractivity contribution >= 4 is 0 Å². The van der Waals surface area contributed by atoms with E-state index in [9.17, 15) is 0 Å². The van der Waals surface area contributed by atoms with E-state index in [1.54, 1.807) is 0 Å². The summed E-state index contributed by atoms with van der Waals surface area (Å²) >= 11 is 0. The van der Waals surface area contributed by atoms with Gasteiger partial charge in [-0.05, 0) is 67.2 Å². The first-order valence-corrected chi connectivity index (χ1v) is 8.41. The fraction of sp³-hybridized carbons (Fsp3) is 1.00. The number of hydrogen-bond acceptors (Lipinski definition) is 10. The molecule has 12 nitrogen and oxygen atoms in total. The van der Waals surface area contributed by atoms with Crippen LogP contribution in [0.3, 0.4) is 0 Å². The van der Waals surface area contributed by atoms with Crippen LogP contribution in [-0.4, -0.2) is 110 Å². The molecule has 1 radical (unpaired) electrons. The second-order valence-corrected chi connectivity index (χ2v) is 6.37. The minimum absolute atomic E-state index is 0. The minimum Gasteiger partial charge on any atom is -0.356 e. The van der Waals surface area contributed by atoms with E-state index < -0.39 is 10.2 Å². The Morgan fingerprint density at radius 1 is 0.519 bits per heavy atom. The maximum Gasteiger partial charge on any atom is 2.00 e. The molecule has 1 rings (SSSR count). The Balaban J connectivity index is -0.000000543. The summed E-state index contributed by atoms with van der Waals surface area (Å²) in [7, 11) is 8.97.